The molecule has 0 unspecified atom stereocenters. The number of sulfone groups is 1. The van der Waals surface area contributed by atoms with Gasteiger partial charge in [0.1, 0.15) is 0 Å². The summed E-state index contributed by atoms with van der Waals surface area (Å²) in [6.07, 6.45) is 0.236. The van der Waals surface area contributed by atoms with Crippen molar-refractivity contribution in [3.8, 4) is 0 Å². The number of anilines is 1. The van der Waals surface area contributed by atoms with E-state index >= 15 is 0 Å². The van der Waals surface area contributed by atoms with E-state index in [1.54, 1.807) is 0 Å². The van der Waals surface area contributed by atoms with Crippen LogP contribution in [0, 0.1) is 6.92 Å². The minimum absolute atomic E-state index is 0.0837. The third-order valence-corrected chi connectivity index (χ3v) is 8.01. The summed E-state index contributed by atoms with van der Waals surface area (Å²) in [5.41, 5.74) is 2.92. The number of hydrogen-bond acceptors (Lipinski definition) is 4. The highest BCUT2D eigenvalue weighted by Gasteiger charge is 2.49. The van der Waals surface area contributed by atoms with Gasteiger partial charge in [-0.05, 0) is 24.6 Å². The molecule has 27 heavy (non-hydrogen) atoms. The zero-order valence-corrected chi connectivity index (χ0v) is 16.5. The van der Waals surface area contributed by atoms with Crippen molar-refractivity contribution < 1.29 is 13.2 Å². The minimum atomic E-state index is -3.06. The molecule has 0 saturated carbocycles. The molecule has 2 aliphatic rings. The lowest BCUT2D eigenvalue weighted by molar-refractivity contribution is -0.117. The van der Waals surface area contributed by atoms with Crippen molar-refractivity contribution in [2.24, 2.45) is 4.99 Å². The summed E-state index contributed by atoms with van der Waals surface area (Å²) < 4.78 is 24.2. The van der Waals surface area contributed by atoms with Gasteiger partial charge in [0, 0.05) is 10.9 Å². The van der Waals surface area contributed by atoms with Crippen LogP contribution in [0.4, 0.5) is 5.69 Å². The second-order valence-electron chi connectivity index (χ2n) is 6.96. The molecular weight excluding hydrogens is 380 g/mol. The van der Waals surface area contributed by atoms with E-state index in [1.807, 2.05) is 66.4 Å². The van der Waals surface area contributed by atoms with Gasteiger partial charge in [-0.2, -0.15) is 4.99 Å². The Hall–Kier alpha value is -2.12. The largest absolute Gasteiger partial charge is 0.316 e. The van der Waals surface area contributed by atoms with Crippen LogP contribution in [0.3, 0.4) is 0 Å². The Balaban J connectivity index is 1.64. The molecular formula is C20H20N2O3S2. The highest BCUT2D eigenvalue weighted by molar-refractivity contribution is 8.16. The van der Waals surface area contributed by atoms with E-state index in [9.17, 15) is 13.2 Å². The standard InChI is InChI=1S/C20H20N2O3S2/c1-14-7-9-16(10-8-14)22-17-12-27(24,25)13-18(17)26-20(22)21-19(23)11-15-5-3-2-4-6-15/h2-10,17-18H,11-13H2,1H3/t17-,18+/m0/s1. The van der Waals surface area contributed by atoms with Gasteiger partial charge in [0.05, 0.1) is 24.0 Å². The third-order valence-electron chi connectivity index (χ3n) is 4.80. The molecule has 140 valence electrons. The lowest BCUT2D eigenvalue weighted by atomic mass is 10.1. The fourth-order valence-electron chi connectivity index (χ4n) is 3.49. The van der Waals surface area contributed by atoms with Crippen LogP contribution >= 0.6 is 11.8 Å². The maximum Gasteiger partial charge on any atom is 0.252 e. The molecule has 2 heterocycles. The molecule has 0 N–H and O–H groups in total. The second kappa shape index (κ2) is 7.13. The Morgan fingerprint density at radius 3 is 2.52 bits per heavy atom. The van der Waals surface area contributed by atoms with Gasteiger partial charge >= 0.3 is 0 Å². The number of fused-ring (bicyclic) bond motifs is 1. The zero-order valence-electron chi connectivity index (χ0n) is 14.9. The van der Waals surface area contributed by atoms with Crippen LogP contribution in [-0.4, -0.2) is 42.3 Å². The first-order chi connectivity index (χ1) is 12.9. The maximum absolute atomic E-state index is 12.5. The van der Waals surface area contributed by atoms with Gasteiger partial charge in [0.2, 0.25) is 0 Å². The van der Waals surface area contributed by atoms with E-state index in [0.717, 1.165) is 16.8 Å². The van der Waals surface area contributed by atoms with E-state index in [4.69, 9.17) is 0 Å². The number of thioether (sulfide) groups is 1. The van der Waals surface area contributed by atoms with Crippen LogP contribution in [0.1, 0.15) is 11.1 Å². The normalized spacial score (nSPS) is 24.9. The highest BCUT2D eigenvalue weighted by Crippen LogP contribution is 2.41. The number of aliphatic imine (C=N–C) groups is 1. The number of rotatable bonds is 3. The minimum Gasteiger partial charge on any atom is -0.316 e. The molecule has 0 bridgehead atoms. The van der Waals surface area contributed by atoms with Gasteiger partial charge in [0.15, 0.2) is 15.0 Å². The molecule has 0 radical (unpaired) electrons. The first-order valence-corrected chi connectivity index (χ1v) is 11.5. The Kier molecular flexibility index (Phi) is 4.82. The fourth-order valence-corrected chi connectivity index (χ4v) is 7.42. The van der Waals surface area contributed by atoms with Crippen LogP contribution < -0.4 is 4.90 Å². The number of amides is 1. The lowest BCUT2D eigenvalue weighted by Gasteiger charge is -2.24. The summed E-state index contributed by atoms with van der Waals surface area (Å²) in [5, 5.41) is 0.518. The molecule has 2 atom stereocenters. The van der Waals surface area contributed by atoms with Crippen molar-refractivity contribution in [2.75, 3.05) is 16.4 Å². The molecule has 1 amide bonds. The van der Waals surface area contributed by atoms with E-state index < -0.39 is 9.84 Å². The van der Waals surface area contributed by atoms with Crippen molar-refractivity contribution in [3.63, 3.8) is 0 Å². The Bertz CT molecular complexity index is 986. The molecule has 0 aromatic heterocycles. The Labute approximate surface area is 163 Å². The smallest absolute Gasteiger partial charge is 0.252 e. The molecule has 2 fully saturated rings. The van der Waals surface area contributed by atoms with Crippen LogP contribution in [-0.2, 0) is 21.1 Å². The van der Waals surface area contributed by atoms with Crippen LogP contribution in [0.5, 0.6) is 0 Å². The van der Waals surface area contributed by atoms with E-state index in [0.29, 0.717) is 5.17 Å². The van der Waals surface area contributed by atoms with Gasteiger partial charge in [-0.3, -0.25) is 4.79 Å². The molecule has 2 saturated heterocycles. The Morgan fingerprint density at radius 1 is 1.11 bits per heavy atom. The summed E-state index contributed by atoms with van der Waals surface area (Å²) in [6, 6.07) is 17.2. The van der Waals surface area contributed by atoms with E-state index in [-0.39, 0.29) is 35.1 Å². The molecule has 2 aliphatic heterocycles. The second-order valence-corrected chi connectivity index (χ2v) is 10.3. The van der Waals surface area contributed by atoms with Crippen LogP contribution in [0.15, 0.2) is 59.6 Å². The SMILES string of the molecule is Cc1ccc(N2C(=NC(=O)Cc3ccccc3)S[C@@H]3CS(=O)(=O)C[C@@H]32)cc1. The van der Waals surface area contributed by atoms with Crippen molar-refractivity contribution in [1.29, 1.82) is 0 Å². The van der Waals surface area contributed by atoms with Gasteiger partial charge < -0.3 is 4.90 Å². The van der Waals surface area contributed by atoms with Gasteiger partial charge in [-0.15, -0.1) is 0 Å². The van der Waals surface area contributed by atoms with Gasteiger partial charge in [0.25, 0.3) is 5.91 Å². The molecule has 7 heteroatoms. The lowest BCUT2D eigenvalue weighted by Crippen LogP contribution is -2.37. The van der Waals surface area contributed by atoms with E-state index in [2.05, 4.69) is 4.99 Å². The summed E-state index contributed by atoms with van der Waals surface area (Å²) in [4.78, 5) is 18.8. The van der Waals surface area contributed by atoms with Gasteiger partial charge in [-0.25, -0.2) is 8.42 Å². The number of carbonyl (C=O) groups is 1. The number of amidine groups is 1. The first kappa shape index (κ1) is 18.3. The summed E-state index contributed by atoms with van der Waals surface area (Å²) in [5.74, 6) is 0.0183. The number of nitrogens with zero attached hydrogens (tertiary/aromatic N) is 2. The summed E-state index contributed by atoms with van der Waals surface area (Å²) >= 11 is 1.41. The zero-order chi connectivity index (χ0) is 19.0. The maximum atomic E-state index is 12.5. The molecule has 0 spiro atoms. The van der Waals surface area contributed by atoms with Crippen LogP contribution in [0.25, 0.3) is 0 Å². The van der Waals surface area contributed by atoms with Crippen molar-refractivity contribution in [1.82, 2.24) is 0 Å². The summed E-state index contributed by atoms with van der Waals surface area (Å²) in [6.45, 7) is 2.00. The predicted molar refractivity (Wildman–Crippen MR) is 110 cm³/mol. The quantitative estimate of drug-likeness (QED) is 0.793. The van der Waals surface area contributed by atoms with Crippen molar-refractivity contribution >= 4 is 38.4 Å². The summed E-state index contributed by atoms with van der Waals surface area (Å²) in [7, 11) is -3.06. The Morgan fingerprint density at radius 2 is 1.81 bits per heavy atom. The third kappa shape index (κ3) is 3.94. The number of aryl methyl sites for hydroxylation is 1. The van der Waals surface area contributed by atoms with Crippen molar-refractivity contribution in [2.45, 2.75) is 24.6 Å². The van der Waals surface area contributed by atoms with Crippen molar-refractivity contribution in [3.05, 3.63) is 65.7 Å². The highest BCUT2D eigenvalue weighted by atomic mass is 32.2. The fraction of sp³-hybridized carbons (Fsp3) is 0.300. The average molecular weight is 401 g/mol. The molecule has 0 aliphatic carbocycles. The molecule has 2 aromatic rings. The predicted octanol–water partition coefficient (Wildman–Crippen LogP) is 2.84. The molecule has 5 nitrogen and oxygen atoms in total. The molecule has 2 aromatic carbocycles. The molecule has 4 rings (SSSR count). The monoisotopic (exact) mass is 400 g/mol. The van der Waals surface area contributed by atoms with E-state index in [1.165, 1.54) is 11.8 Å². The van der Waals surface area contributed by atoms with Crippen LogP contribution in [0.2, 0.25) is 0 Å². The number of benzene rings is 2. The number of carbonyl (C=O) groups excluding carboxylic acids is 1. The van der Waals surface area contributed by atoms with Gasteiger partial charge in [-0.1, -0.05) is 59.8 Å². The first-order valence-electron chi connectivity index (χ1n) is 8.80. The number of hydrogen-bond donors (Lipinski definition) is 0. The topological polar surface area (TPSA) is 66.8 Å². The average Bonchev–Trinajstić information content (AvgIpc) is 3.07.